The van der Waals surface area contributed by atoms with Crippen LogP contribution in [0.15, 0.2) is 53.0 Å². The Labute approximate surface area is 119 Å². The van der Waals surface area contributed by atoms with Crippen LogP contribution in [0.5, 0.6) is 0 Å². The molecule has 0 saturated heterocycles. The van der Waals surface area contributed by atoms with Crippen LogP contribution in [0.3, 0.4) is 0 Å². The van der Waals surface area contributed by atoms with Gasteiger partial charge in [0.25, 0.3) is 0 Å². The fourth-order valence-electron chi connectivity index (χ4n) is 1.57. The minimum Gasteiger partial charge on any atom is -0.326 e. The van der Waals surface area contributed by atoms with Crippen LogP contribution in [0.25, 0.3) is 0 Å². The van der Waals surface area contributed by atoms with Crippen molar-refractivity contribution < 1.29 is 4.79 Å². The summed E-state index contributed by atoms with van der Waals surface area (Å²) in [5.74, 6) is -0.0559. The first-order chi connectivity index (χ1) is 8.63. The normalized spacial score (nSPS) is 10.1. The van der Waals surface area contributed by atoms with E-state index in [4.69, 9.17) is 11.6 Å². The van der Waals surface area contributed by atoms with E-state index in [2.05, 4.69) is 21.2 Å². The highest BCUT2D eigenvalue weighted by molar-refractivity contribution is 9.10. The zero-order valence-corrected chi connectivity index (χ0v) is 11.8. The fraction of sp³-hybridized carbons (Fsp3) is 0.0714. The minimum absolute atomic E-state index is 0.0559. The maximum Gasteiger partial charge on any atom is 0.228 e. The maximum atomic E-state index is 11.8. The molecule has 2 aromatic carbocycles. The van der Waals surface area contributed by atoms with Gasteiger partial charge >= 0.3 is 0 Å². The molecule has 2 rings (SSSR count). The Morgan fingerprint density at radius 3 is 2.56 bits per heavy atom. The van der Waals surface area contributed by atoms with Gasteiger partial charge in [-0.3, -0.25) is 4.79 Å². The topological polar surface area (TPSA) is 29.1 Å². The van der Waals surface area contributed by atoms with Crippen LogP contribution in [0.1, 0.15) is 5.56 Å². The average Bonchev–Trinajstić information content (AvgIpc) is 2.32. The van der Waals surface area contributed by atoms with Crippen molar-refractivity contribution >= 4 is 39.1 Å². The monoisotopic (exact) mass is 323 g/mol. The van der Waals surface area contributed by atoms with Crippen molar-refractivity contribution in [1.29, 1.82) is 0 Å². The largest absolute Gasteiger partial charge is 0.326 e. The average molecular weight is 325 g/mol. The summed E-state index contributed by atoms with van der Waals surface area (Å²) in [4.78, 5) is 11.8. The van der Waals surface area contributed by atoms with Crippen LogP contribution in [0.2, 0.25) is 5.02 Å². The number of carbonyl (C=O) groups is 1. The number of halogens is 2. The molecule has 18 heavy (non-hydrogen) atoms. The minimum atomic E-state index is -0.0559. The predicted octanol–water partition coefficient (Wildman–Crippen LogP) is 4.28. The lowest BCUT2D eigenvalue weighted by molar-refractivity contribution is -0.115. The van der Waals surface area contributed by atoms with Crippen molar-refractivity contribution in [1.82, 2.24) is 0 Å². The zero-order chi connectivity index (χ0) is 13.0. The molecular formula is C14H11BrClNO. The molecule has 0 unspecified atom stereocenters. The molecule has 0 aliphatic carbocycles. The molecule has 0 radical (unpaired) electrons. The quantitative estimate of drug-likeness (QED) is 0.897. The third-order valence-electron chi connectivity index (χ3n) is 2.38. The van der Waals surface area contributed by atoms with Crippen molar-refractivity contribution in [2.45, 2.75) is 6.42 Å². The number of rotatable bonds is 3. The van der Waals surface area contributed by atoms with E-state index in [0.29, 0.717) is 11.4 Å². The molecule has 0 fully saturated rings. The van der Waals surface area contributed by atoms with Gasteiger partial charge in [-0.2, -0.15) is 0 Å². The van der Waals surface area contributed by atoms with E-state index < -0.39 is 0 Å². The van der Waals surface area contributed by atoms with Gasteiger partial charge in [0.05, 0.1) is 6.42 Å². The van der Waals surface area contributed by atoms with Gasteiger partial charge in [0.1, 0.15) is 0 Å². The summed E-state index contributed by atoms with van der Waals surface area (Å²) < 4.78 is 0.982. The SMILES string of the molecule is O=C(Cc1cccc(Cl)c1)Nc1ccc(Br)cc1. The Kier molecular flexibility index (Phi) is 4.39. The van der Waals surface area contributed by atoms with E-state index in [0.717, 1.165) is 15.7 Å². The van der Waals surface area contributed by atoms with Gasteiger partial charge < -0.3 is 5.32 Å². The number of anilines is 1. The van der Waals surface area contributed by atoms with Gasteiger partial charge in [-0.05, 0) is 42.0 Å². The fourth-order valence-corrected chi connectivity index (χ4v) is 2.05. The molecule has 0 aromatic heterocycles. The van der Waals surface area contributed by atoms with Crippen LogP contribution >= 0.6 is 27.5 Å². The van der Waals surface area contributed by atoms with Crippen molar-refractivity contribution in [3.05, 3.63) is 63.6 Å². The van der Waals surface area contributed by atoms with Crippen LogP contribution in [0.4, 0.5) is 5.69 Å². The molecule has 0 aliphatic rings. The second-order valence-corrected chi connectivity index (χ2v) is 5.21. The number of carbonyl (C=O) groups excluding carboxylic acids is 1. The summed E-state index contributed by atoms with van der Waals surface area (Å²) in [5.41, 5.74) is 1.68. The molecule has 0 bridgehead atoms. The van der Waals surface area contributed by atoms with E-state index in [1.807, 2.05) is 36.4 Å². The summed E-state index contributed by atoms with van der Waals surface area (Å²) in [6.45, 7) is 0. The van der Waals surface area contributed by atoms with E-state index in [1.165, 1.54) is 0 Å². The highest BCUT2D eigenvalue weighted by Crippen LogP contribution is 2.15. The first-order valence-electron chi connectivity index (χ1n) is 5.43. The van der Waals surface area contributed by atoms with Crippen molar-refractivity contribution in [2.75, 3.05) is 5.32 Å². The number of hydrogen-bond acceptors (Lipinski definition) is 1. The first kappa shape index (κ1) is 13.1. The number of hydrogen-bond donors (Lipinski definition) is 1. The molecule has 0 atom stereocenters. The van der Waals surface area contributed by atoms with Gasteiger partial charge in [-0.25, -0.2) is 0 Å². The Bertz CT molecular complexity index is 554. The van der Waals surface area contributed by atoms with Crippen molar-refractivity contribution in [2.24, 2.45) is 0 Å². The third-order valence-corrected chi connectivity index (χ3v) is 3.15. The van der Waals surface area contributed by atoms with Gasteiger partial charge in [0, 0.05) is 15.2 Å². The first-order valence-corrected chi connectivity index (χ1v) is 6.60. The Morgan fingerprint density at radius 2 is 1.89 bits per heavy atom. The highest BCUT2D eigenvalue weighted by Gasteiger charge is 2.04. The molecule has 2 aromatic rings. The molecular weight excluding hydrogens is 314 g/mol. The molecule has 2 nitrogen and oxygen atoms in total. The standard InChI is InChI=1S/C14H11BrClNO/c15-11-4-6-13(7-5-11)17-14(18)9-10-2-1-3-12(16)8-10/h1-8H,9H2,(H,17,18). The molecule has 4 heteroatoms. The van der Waals surface area contributed by atoms with Gasteiger partial charge in [-0.15, -0.1) is 0 Å². The van der Waals surface area contributed by atoms with Crippen LogP contribution in [-0.2, 0) is 11.2 Å². The van der Waals surface area contributed by atoms with Crippen LogP contribution in [0, 0.1) is 0 Å². The summed E-state index contributed by atoms with van der Waals surface area (Å²) in [5, 5.41) is 3.48. The molecule has 0 saturated carbocycles. The van der Waals surface area contributed by atoms with Gasteiger partial charge in [-0.1, -0.05) is 39.7 Å². The Morgan fingerprint density at radius 1 is 1.17 bits per heavy atom. The van der Waals surface area contributed by atoms with Crippen molar-refractivity contribution in [3.63, 3.8) is 0 Å². The maximum absolute atomic E-state index is 11.8. The predicted molar refractivity (Wildman–Crippen MR) is 77.9 cm³/mol. The number of benzene rings is 2. The van der Waals surface area contributed by atoms with E-state index in [9.17, 15) is 4.79 Å². The smallest absolute Gasteiger partial charge is 0.228 e. The highest BCUT2D eigenvalue weighted by atomic mass is 79.9. The summed E-state index contributed by atoms with van der Waals surface area (Å²) in [7, 11) is 0. The third kappa shape index (κ3) is 3.86. The zero-order valence-electron chi connectivity index (χ0n) is 9.49. The summed E-state index contributed by atoms with van der Waals surface area (Å²) in [6.07, 6.45) is 0.316. The van der Waals surface area contributed by atoms with Crippen LogP contribution < -0.4 is 5.32 Å². The molecule has 0 aliphatic heterocycles. The molecule has 1 amide bonds. The van der Waals surface area contributed by atoms with E-state index in [1.54, 1.807) is 12.1 Å². The molecule has 0 heterocycles. The number of nitrogens with one attached hydrogen (secondary N) is 1. The van der Waals surface area contributed by atoms with Gasteiger partial charge in [0.2, 0.25) is 5.91 Å². The lowest BCUT2D eigenvalue weighted by Crippen LogP contribution is -2.14. The molecule has 92 valence electrons. The Balaban J connectivity index is 1.98. The summed E-state index contributed by atoms with van der Waals surface area (Å²) in [6, 6.07) is 14.8. The lowest BCUT2D eigenvalue weighted by atomic mass is 10.1. The second kappa shape index (κ2) is 6.03. The number of amides is 1. The van der Waals surface area contributed by atoms with E-state index in [-0.39, 0.29) is 5.91 Å². The molecule has 0 spiro atoms. The Hall–Kier alpha value is -1.32. The summed E-state index contributed by atoms with van der Waals surface area (Å²) >= 11 is 9.22. The van der Waals surface area contributed by atoms with Crippen molar-refractivity contribution in [3.8, 4) is 0 Å². The second-order valence-electron chi connectivity index (χ2n) is 3.86. The van der Waals surface area contributed by atoms with Gasteiger partial charge in [0.15, 0.2) is 0 Å². The molecule has 1 N–H and O–H groups in total. The van der Waals surface area contributed by atoms with E-state index >= 15 is 0 Å². The van der Waals surface area contributed by atoms with Crippen LogP contribution in [-0.4, -0.2) is 5.91 Å². The lowest BCUT2D eigenvalue weighted by Gasteiger charge is -2.05.